The fourth-order valence-corrected chi connectivity index (χ4v) is 2.92. The number of likely N-dealkylation sites (tertiary alicyclic amines) is 1. The van der Waals surface area contributed by atoms with Crippen LogP contribution >= 0.6 is 15.9 Å². The first kappa shape index (κ1) is 13.7. The van der Waals surface area contributed by atoms with E-state index in [9.17, 15) is 0 Å². The molecule has 2 atom stereocenters. The molecule has 2 rings (SSSR count). The van der Waals surface area contributed by atoms with Gasteiger partial charge in [-0.25, -0.2) is 9.97 Å². The summed E-state index contributed by atoms with van der Waals surface area (Å²) in [6.07, 6.45) is 4.81. The van der Waals surface area contributed by atoms with E-state index in [2.05, 4.69) is 56.6 Å². The van der Waals surface area contributed by atoms with Crippen molar-refractivity contribution in [2.45, 2.75) is 26.3 Å². The van der Waals surface area contributed by atoms with E-state index >= 15 is 0 Å². The van der Waals surface area contributed by atoms with Gasteiger partial charge < -0.3 is 9.80 Å². The molecule has 2 heterocycles. The van der Waals surface area contributed by atoms with Crippen molar-refractivity contribution < 1.29 is 0 Å². The first-order valence-corrected chi connectivity index (χ1v) is 7.33. The van der Waals surface area contributed by atoms with Crippen molar-refractivity contribution in [3.63, 3.8) is 0 Å². The summed E-state index contributed by atoms with van der Waals surface area (Å²) < 4.78 is 0.925. The lowest BCUT2D eigenvalue weighted by atomic mass is 9.93. The maximum absolute atomic E-state index is 4.38. The average molecular weight is 313 g/mol. The van der Waals surface area contributed by atoms with Crippen LogP contribution < -0.4 is 4.90 Å². The van der Waals surface area contributed by atoms with Crippen LogP contribution in [0.4, 0.5) is 5.95 Å². The molecule has 1 saturated heterocycles. The Morgan fingerprint density at radius 3 is 2.67 bits per heavy atom. The molecule has 0 radical (unpaired) electrons. The molecule has 0 N–H and O–H groups in total. The predicted octanol–water partition coefficient (Wildman–Crippen LogP) is 2.41. The molecular weight excluding hydrogens is 292 g/mol. The third-order valence-corrected chi connectivity index (χ3v) is 4.22. The zero-order valence-corrected chi connectivity index (χ0v) is 12.9. The van der Waals surface area contributed by atoms with Gasteiger partial charge in [0.25, 0.3) is 0 Å². The Balaban J connectivity index is 2.05. The van der Waals surface area contributed by atoms with Crippen molar-refractivity contribution in [2.24, 2.45) is 5.92 Å². The highest BCUT2D eigenvalue weighted by molar-refractivity contribution is 9.10. The third-order valence-electron chi connectivity index (χ3n) is 3.81. The van der Waals surface area contributed by atoms with Crippen LogP contribution in [0.15, 0.2) is 16.9 Å². The number of rotatable bonds is 3. The molecule has 18 heavy (non-hydrogen) atoms. The minimum Gasteiger partial charge on any atom is -0.341 e. The van der Waals surface area contributed by atoms with Crippen LogP contribution in [-0.4, -0.2) is 47.6 Å². The molecule has 1 fully saturated rings. The summed E-state index contributed by atoms with van der Waals surface area (Å²) in [4.78, 5) is 13.5. The van der Waals surface area contributed by atoms with E-state index in [1.165, 1.54) is 19.5 Å². The Bertz CT molecular complexity index is 381. The first-order valence-electron chi connectivity index (χ1n) is 6.54. The zero-order chi connectivity index (χ0) is 13.1. The van der Waals surface area contributed by atoms with Crippen LogP contribution in [0.5, 0.6) is 0 Å². The van der Waals surface area contributed by atoms with Crippen molar-refractivity contribution >= 4 is 21.9 Å². The molecule has 5 heteroatoms. The number of anilines is 1. The van der Waals surface area contributed by atoms with Gasteiger partial charge in [0.2, 0.25) is 5.95 Å². The Labute approximate surface area is 118 Å². The second-order valence-electron chi connectivity index (χ2n) is 5.04. The Morgan fingerprint density at radius 2 is 2.11 bits per heavy atom. The summed E-state index contributed by atoms with van der Waals surface area (Å²) in [5.41, 5.74) is 0. The van der Waals surface area contributed by atoms with Gasteiger partial charge in [0.1, 0.15) is 0 Å². The molecule has 0 amide bonds. The van der Waals surface area contributed by atoms with Crippen LogP contribution in [0.1, 0.15) is 20.3 Å². The van der Waals surface area contributed by atoms with E-state index in [-0.39, 0.29) is 0 Å². The summed E-state index contributed by atoms with van der Waals surface area (Å²) in [6, 6.07) is 0.536. The Hall–Kier alpha value is -0.680. The summed E-state index contributed by atoms with van der Waals surface area (Å²) in [6.45, 7) is 8.04. The topological polar surface area (TPSA) is 32.3 Å². The van der Waals surface area contributed by atoms with E-state index in [1.54, 1.807) is 0 Å². The summed E-state index contributed by atoms with van der Waals surface area (Å²) in [5.74, 6) is 1.47. The molecule has 0 saturated carbocycles. The smallest absolute Gasteiger partial charge is 0.225 e. The van der Waals surface area contributed by atoms with Crippen LogP contribution in [0.3, 0.4) is 0 Å². The van der Waals surface area contributed by atoms with E-state index in [4.69, 9.17) is 0 Å². The minimum atomic E-state index is 0.536. The van der Waals surface area contributed by atoms with E-state index in [0.29, 0.717) is 12.0 Å². The lowest BCUT2D eigenvalue weighted by molar-refractivity contribution is 0.168. The maximum atomic E-state index is 4.38. The van der Waals surface area contributed by atoms with Gasteiger partial charge in [0.15, 0.2) is 0 Å². The van der Waals surface area contributed by atoms with Crippen LogP contribution in [0, 0.1) is 5.92 Å². The molecule has 1 aliphatic heterocycles. The zero-order valence-electron chi connectivity index (χ0n) is 11.3. The number of aromatic nitrogens is 2. The van der Waals surface area contributed by atoms with Crippen molar-refractivity contribution in [3.8, 4) is 0 Å². The van der Waals surface area contributed by atoms with E-state index in [0.717, 1.165) is 17.0 Å². The molecule has 0 bridgehead atoms. The molecule has 1 aromatic rings. The number of halogens is 1. The van der Waals surface area contributed by atoms with Crippen molar-refractivity contribution in [2.75, 3.05) is 31.6 Å². The Morgan fingerprint density at radius 1 is 1.44 bits per heavy atom. The lowest BCUT2D eigenvalue weighted by Gasteiger charge is -2.40. The van der Waals surface area contributed by atoms with E-state index < -0.39 is 0 Å². The maximum Gasteiger partial charge on any atom is 0.225 e. The monoisotopic (exact) mass is 312 g/mol. The second kappa shape index (κ2) is 5.97. The molecule has 100 valence electrons. The molecule has 0 spiro atoms. The average Bonchev–Trinajstić information content (AvgIpc) is 2.38. The molecule has 0 aliphatic carbocycles. The molecule has 4 nitrogen and oxygen atoms in total. The quantitative estimate of drug-likeness (QED) is 0.858. The van der Waals surface area contributed by atoms with E-state index in [1.807, 2.05) is 12.4 Å². The summed E-state index contributed by atoms with van der Waals surface area (Å²) in [7, 11) is 2.10. The largest absolute Gasteiger partial charge is 0.341 e. The standard InChI is InChI=1S/C13H21BrN4/c1-4-18-6-5-12(10(2)9-18)17(3)13-15-7-11(14)8-16-13/h7-8,10,12H,4-6,9H2,1-3H3/t10-,12+/m1/s1. The van der Waals surface area contributed by atoms with Gasteiger partial charge in [-0.1, -0.05) is 13.8 Å². The lowest BCUT2D eigenvalue weighted by Crippen LogP contribution is -2.49. The number of hydrogen-bond acceptors (Lipinski definition) is 4. The van der Waals surface area contributed by atoms with Gasteiger partial charge in [-0.15, -0.1) is 0 Å². The summed E-state index contributed by atoms with van der Waals surface area (Å²) >= 11 is 3.37. The normalized spacial score (nSPS) is 25.1. The molecular formula is C13H21BrN4. The van der Waals surface area contributed by atoms with Gasteiger partial charge in [-0.3, -0.25) is 0 Å². The highest BCUT2D eigenvalue weighted by Gasteiger charge is 2.29. The van der Waals surface area contributed by atoms with Crippen LogP contribution in [-0.2, 0) is 0 Å². The van der Waals surface area contributed by atoms with Gasteiger partial charge in [-0.2, -0.15) is 0 Å². The second-order valence-corrected chi connectivity index (χ2v) is 5.95. The fourth-order valence-electron chi connectivity index (χ4n) is 2.72. The van der Waals surface area contributed by atoms with Gasteiger partial charge in [-0.05, 0) is 34.8 Å². The molecule has 0 aromatic carbocycles. The first-order chi connectivity index (χ1) is 8.61. The molecule has 1 aromatic heterocycles. The highest BCUT2D eigenvalue weighted by Crippen LogP contribution is 2.23. The van der Waals surface area contributed by atoms with Crippen LogP contribution in [0.25, 0.3) is 0 Å². The third kappa shape index (κ3) is 3.01. The molecule has 0 unspecified atom stereocenters. The number of nitrogens with zero attached hydrogens (tertiary/aromatic N) is 4. The van der Waals surface area contributed by atoms with Crippen molar-refractivity contribution in [1.29, 1.82) is 0 Å². The van der Waals surface area contributed by atoms with Crippen LogP contribution in [0.2, 0.25) is 0 Å². The number of hydrogen-bond donors (Lipinski definition) is 0. The minimum absolute atomic E-state index is 0.536. The SMILES string of the molecule is CCN1CC[C@H](N(C)c2ncc(Br)cn2)[C@H](C)C1. The highest BCUT2D eigenvalue weighted by atomic mass is 79.9. The Kier molecular flexibility index (Phi) is 4.56. The molecule has 1 aliphatic rings. The summed E-state index contributed by atoms with van der Waals surface area (Å²) in [5, 5.41) is 0. The van der Waals surface area contributed by atoms with Gasteiger partial charge in [0.05, 0.1) is 4.47 Å². The number of piperidine rings is 1. The predicted molar refractivity (Wildman–Crippen MR) is 77.8 cm³/mol. The van der Waals surface area contributed by atoms with Gasteiger partial charge in [0, 0.05) is 38.6 Å². The fraction of sp³-hybridized carbons (Fsp3) is 0.692. The van der Waals surface area contributed by atoms with Crippen molar-refractivity contribution in [1.82, 2.24) is 14.9 Å². The van der Waals surface area contributed by atoms with Gasteiger partial charge >= 0.3 is 0 Å². The van der Waals surface area contributed by atoms with Crippen molar-refractivity contribution in [3.05, 3.63) is 16.9 Å².